The second-order valence-corrected chi connectivity index (χ2v) is 5.44. The molecule has 0 aromatic heterocycles. The molecule has 0 radical (unpaired) electrons. The summed E-state index contributed by atoms with van der Waals surface area (Å²) in [6, 6.07) is 11.1. The van der Waals surface area contributed by atoms with E-state index in [9.17, 15) is 23.6 Å². The fourth-order valence-electron chi connectivity index (χ4n) is 2.15. The molecule has 0 bridgehead atoms. The maximum absolute atomic E-state index is 13.1. The molecule has 2 amide bonds. The number of carbonyl (C=O) groups excluding carboxylic acids is 4. The Kier molecular flexibility index (Phi) is 7.21. The number of halogens is 1. The van der Waals surface area contributed by atoms with Gasteiger partial charge in [-0.3, -0.25) is 14.4 Å². The summed E-state index contributed by atoms with van der Waals surface area (Å²) in [6.07, 6.45) is 0. The fourth-order valence-corrected chi connectivity index (χ4v) is 2.15. The quantitative estimate of drug-likeness (QED) is 0.696. The smallest absolute Gasteiger partial charge is 0.339 e. The summed E-state index contributed by atoms with van der Waals surface area (Å²) in [7, 11) is 1.21. The molecule has 28 heavy (non-hydrogen) atoms. The molecular weight excluding hydrogens is 371 g/mol. The molecule has 0 atom stereocenters. The lowest BCUT2D eigenvalue weighted by Crippen LogP contribution is -2.32. The first-order valence-corrected chi connectivity index (χ1v) is 8.07. The van der Waals surface area contributed by atoms with Crippen molar-refractivity contribution in [3.8, 4) is 0 Å². The summed E-state index contributed by atoms with van der Waals surface area (Å²) < 4.78 is 22.4. The van der Waals surface area contributed by atoms with Crippen LogP contribution < -0.4 is 10.6 Å². The molecule has 0 saturated heterocycles. The van der Waals surface area contributed by atoms with Crippen molar-refractivity contribution in [2.45, 2.75) is 0 Å². The van der Waals surface area contributed by atoms with Crippen LogP contribution >= 0.6 is 0 Å². The standard InChI is InChI=1S/C19H17FN2O6/c1-27-19(26)14-7-2-3-8-15(14)22-16(23)11-28-17(24)10-21-18(25)12-5-4-6-13(20)9-12/h2-9H,10-11H2,1H3,(H,21,25)(H,22,23). The number of rotatable bonds is 7. The van der Waals surface area contributed by atoms with Gasteiger partial charge in [0.25, 0.3) is 11.8 Å². The number of methoxy groups -OCH3 is 1. The molecule has 0 saturated carbocycles. The minimum atomic E-state index is -0.860. The lowest BCUT2D eigenvalue weighted by atomic mass is 10.2. The highest BCUT2D eigenvalue weighted by atomic mass is 19.1. The van der Waals surface area contributed by atoms with Crippen LogP contribution in [0.15, 0.2) is 48.5 Å². The number of para-hydroxylation sites is 1. The van der Waals surface area contributed by atoms with E-state index in [1.807, 2.05) is 0 Å². The van der Waals surface area contributed by atoms with Gasteiger partial charge in [-0.05, 0) is 30.3 Å². The van der Waals surface area contributed by atoms with E-state index < -0.39 is 42.7 Å². The number of esters is 2. The Hall–Kier alpha value is -3.75. The topological polar surface area (TPSA) is 111 Å². The summed E-state index contributed by atoms with van der Waals surface area (Å²) in [5.41, 5.74) is 0.395. The van der Waals surface area contributed by atoms with Gasteiger partial charge in [-0.1, -0.05) is 18.2 Å². The number of anilines is 1. The molecule has 2 aromatic carbocycles. The van der Waals surface area contributed by atoms with E-state index in [4.69, 9.17) is 4.74 Å². The highest BCUT2D eigenvalue weighted by molar-refractivity contribution is 6.02. The van der Waals surface area contributed by atoms with E-state index in [0.717, 1.165) is 6.07 Å². The van der Waals surface area contributed by atoms with E-state index >= 15 is 0 Å². The maximum Gasteiger partial charge on any atom is 0.339 e. The van der Waals surface area contributed by atoms with Gasteiger partial charge in [-0.2, -0.15) is 0 Å². The number of ether oxygens (including phenoxy) is 2. The maximum atomic E-state index is 13.1. The molecule has 8 nitrogen and oxygen atoms in total. The number of hydrogen-bond acceptors (Lipinski definition) is 6. The zero-order chi connectivity index (χ0) is 20.5. The van der Waals surface area contributed by atoms with Crippen LogP contribution in [0.25, 0.3) is 0 Å². The number of amides is 2. The highest BCUT2D eigenvalue weighted by Gasteiger charge is 2.15. The second-order valence-electron chi connectivity index (χ2n) is 5.44. The zero-order valence-corrected chi connectivity index (χ0v) is 14.9. The highest BCUT2D eigenvalue weighted by Crippen LogP contribution is 2.15. The molecule has 0 unspecified atom stereocenters. The first kappa shape index (κ1) is 20.6. The van der Waals surface area contributed by atoms with E-state index in [2.05, 4.69) is 15.4 Å². The first-order valence-electron chi connectivity index (χ1n) is 8.07. The molecule has 2 N–H and O–H groups in total. The SMILES string of the molecule is COC(=O)c1ccccc1NC(=O)COC(=O)CNC(=O)c1cccc(F)c1. The van der Waals surface area contributed by atoms with Gasteiger partial charge in [0.1, 0.15) is 12.4 Å². The third-order valence-corrected chi connectivity index (χ3v) is 3.45. The molecule has 0 heterocycles. The van der Waals surface area contributed by atoms with Crippen molar-refractivity contribution in [3.05, 3.63) is 65.5 Å². The summed E-state index contributed by atoms with van der Waals surface area (Å²) in [5, 5.41) is 4.69. The molecule has 146 valence electrons. The predicted octanol–water partition coefficient (Wildman–Crippen LogP) is 1.52. The van der Waals surface area contributed by atoms with Crippen molar-refractivity contribution in [3.63, 3.8) is 0 Å². The lowest BCUT2D eigenvalue weighted by Gasteiger charge is -2.10. The van der Waals surface area contributed by atoms with Crippen molar-refractivity contribution < 1.29 is 33.0 Å². The normalized spacial score (nSPS) is 9.93. The number of nitrogens with one attached hydrogen (secondary N) is 2. The average Bonchev–Trinajstić information content (AvgIpc) is 2.70. The van der Waals surface area contributed by atoms with Gasteiger partial charge in [0.2, 0.25) is 0 Å². The van der Waals surface area contributed by atoms with Crippen molar-refractivity contribution in [1.82, 2.24) is 5.32 Å². The predicted molar refractivity (Wildman–Crippen MR) is 96.1 cm³/mol. The average molecular weight is 388 g/mol. The van der Waals surface area contributed by atoms with Gasteiger partial charge in [-0.25, -0.2) is 9.18 Å². The van der Waals surface area contributed by atoms with E-state index in [1.54, 1.807) is 12.1 Å². The Morgan fingerprint density at radius 3 is 2.50 bits per heavy atom. The number of hydrogen-bond donors (Lipinski definition) is 2. The Bertz CT molecular complexity index is 899. The fraction of sp³-hybridized carbons (Fsp3) is 0.158. The first-order chi connectivity index (χ1) is 13.4. The van der Waals surface area contributed by atoms with Crippen molar-refractivity contribution >= 4 is 29.4 Å². The molecule has 9 heteroatoms. The van der Waals surface area contributed by atoms with Crippen LogP contribution in [0.3, 0.4) is 0 Å². The molecular formula is C19H17FN2O6. The van der Waals surface area contributed by atoms with Crippen LogP contribution in [0.4, 0.5) is 10.1 Å². The third-order valence-electron chi connectivity index (χ3n) is 3.45. The Morgan fingerprint density at radius 1 is 1.04 bits per heavy atom. The van der Waals surface area contributed by atoms with E-state index in [-0.39, 0.29) is 16.8 Å². The van der Waals surface area contributed by atoms with Crippen molar-refractivity contribution in [2.24, 2.45) is 0 Å². The zero-order valence-electron chi connectivity index (χ0n) is 14.9. The summed E-state index contributed by atoms with van der Waals surface area (Å²) in [5.74, 6) is -3.41. The molecule has 0 aliphatic rings. The third kappa shape index (κ3) is 5.90. The number of benzene rings is 2. The van der Waals surface area contributed by atoms with Crippen LogP contribution in [-0.4, -0.2) is 44.0 Å². The lowest BCUT2D eigenvalue weighted by molar-refractivity contribution is -0.146. The van der Waals surface area contributed by atoms with Gasteiger partial charge in [0, 0.05) is 5.56 Å². The Balaban J connectivity index is 1.81. The van der Waals surface area contributed by atoms with Crippen molar-refractivity contribution in [2.75, 3.05) is 25.6 Å². The summed E-state index contributed by atoms with van der Waals surface area (Å²) in [6.45, 7) is -1.12. The molecule has 0 spiro atoms. The minimum Gasteiger partial charge on any atom is -0.465 e. The Labute approximate surface area is 159 Å². The molecule has 0 aliphatic carbocycles. The molecule has 0 fully saturated rings. The molecule has 2 rings (SSSR count). The van der Waals surface area contributed by atoms with Crippen LogP contribution in [0.1, 0.15) is 20.7 Å². The van der Waals surface area contributed by atoms with E-state index in [0.29, 0.717) is 0 Å². The van der Waals surface area contributed by atoms with Crippen LogP contribution in [0, 0.1) is 5.82 Å². The van der Waals surface area contributed by atoms with Crippen molar-refractivity contribution in [1.29, 1.82) is 0 Å². The molecule has 2 aromatic rings. The van der Waals surface area contributed by atoms with Gasteiger partial charge in [0.05, 0.1) is 18.4 Å². The van der Waals surface area contributed by atoms with Crippen LogP contribution in [0.2, 0.25) is 0 Å². The number of carbonyl (C=O) groups is 4. The monoisotopic (exact) mass is 388 g/mol. The largest absolute Gasteiger partial charge is 0.465 e. The minimum absolute atomic E-state index is 0.0463. The van der Waals surface area contributed by atoms with Gasteiger partial charge >= 0.3 is 11.9 Å². The van der Waals surface area contributed by atoms with Crippen LogP contribution in [0.5, 0.6) is 0 Å². The van der Waals surface area contributed by atoms with E-state index in [1.165, 1.54) is 37.4 Å². The second kappa shape index (κ2) is 9.81. The van der Waals surface area contributed by atoms with Gasteiger partial charge in [-0.15, -0.1) is 0 Å². The summed E-state index contributed by atoms with van der Waals surface area (Å²) >= 11 is 0. The van der Waals surface area contributed by atoms with Gasteiger partial charge < -0.3 is 20.1 Å². The van der Waals surface area contributed by atoms with Crippen LogP contribution in [-0.2, 0) is 19.1 Å². The van der Waals surface area contributed by atoms with Gasteiger partial charge in [0.15, 0.2) is 6.61 Å². The Morgan fingerprint density at radius 2 is 1.79 bits per heavy atom. The molecule has 0 aliphatic heterocycles. The summed E-state index contributed by atoms with van der Waals surface area (Å²) in [4.78, 5) is 47.0.